The molecule has 1 saturated heterocycles. The number of ether oxygens (including phenoxy) is 2. The van der Waals surface area contributed by atoms with Crippen molar-refractivity contribution in [3.63, 3.8) is 0 Å². The Morgan fingerprint density at radius 3 is 2.95 bits per heavy atom. The minimum Gasteiger partial charge on any atom is -0.497 e. The second kappa shape index (κ2) is 9.18. The Balaban J connectivity index is 0.00000180. The summed E-state index contributed by atoms with van der Waals surface area (Å²) in [4.78, 5) is 0. The Kier molecular flexibility index (Phi) is 7.87. The number of halogens is 1. The first kappa shape index (κ1) is 16.3. The highest BCUT2D eigenvalue weighted by Crippen LogP contribution is 2.14. The molecule has 0 aliphatic carbocycles. The molecule has 0 radical (unpaired) electrons. The summed E-state index contributed by atoms with van der Waals surface area (Å²) in [5.74, 6) is 0.894. The van der Waals surface area contributed by atoms with Gasteiger partial charge in [-0.05, 0) is 43.5 Å². The molecular weight excluding hydrogens is 262 g/mol. The molecule has 1 aliphatic heterocycles. The van der Waals surface area contributed by atoms with E-state index in [2.05, 4.69) is 11.4 Å². The molecule has 1 aliphatic rings. The van der Waals surface area contributed by atoms with Gasteiger partial charge in [0, 0.05) is 12.6 Å². The minimum atomic E-state index is 0. The summed E-state index contributed by atoms with van der Waals surface area (Å²) in [6.07, 6.45) is 5.08. The third-order valence-corrected chi connectivity index (χ3v) is 3.43. The maximum atomic E-state index is 5.73. The van der Waals surface area contributed by atoms with E-state index in [4.69, 9.17) is 9.47 Å². The first-order valence-electron chi connectivity index (χ1n) is 6.82. The van der Waals surface area contributed by atoms with E-state index in [9.17, 15) is 0 Å². The van der Waals surface area contributed by atoms with Gasteiger partial charge in [-0.2, -0.15) is 0 Å². The molecule has 0 bridgehead atoms. The van der Waals surface area contributed by atoms with Gasteiger partial charge in [-0.3, -0.25) is 0 Å². The lowest BCUT2D eigenvalue weighted by Crippen LogP contribution is -2.34. The van der Waals surface area contributed by atoms with Crippen LogP contribution in [0.5, 0.6) is 5.75 Å². The van der Waals surface area contributed by atoms with Gasteiger partial charge in [0.2, 0.25) is 0 Å². The molecule has 1 heterocycles. The van der Waals surface area contributed by atoms with Crippen LogP contribution in [-0.2, 0) is 11.3 Å². The first-order chi connectivity index (χ1) is 8.88. The lowest BCUT2D eigenvalue weighted by Gasteiger charge is -2.23. The van der Waals surface area contributed by atoms with Crippen LogP contribution >= 0.6 is 12.4 Å². The highest BCUT2D eigenvalue weighted by atomic mass is 35.5. The first-order valence-corrected chi connectivity index (χ1v) is 6.82. The Bertz CT molecular complexity index is 354. The molecule has 0 saturated carbocycles. The van der Waals surface area contributed by atoms with Crippen molar-refractivity contribution in [1.29, 1.82) is 0 Å². The van der Waals surface area contributed by atoms with Gasteiger partial charge in [0.1, 0.15) is 5.75 Å². The second-order valence-corrected chi connectivity index (χ2v) is 4.84. The summed E-state index contributed by atoms with van der Waals surface area (Å²) in [7, 11) is 1.69. The smallest absolute Gasteiger partial charge is 0.119 e. The zero-order valence-corrected chi connectivity index (χ0v) is 12.4. The second-order valence-electron chi connectivity index (χ2n) is 4.84. The largest absolute Gasteiger partial charge is 0.497 e. The van der Waals surface area contributed by atoms with E-state index in [-0.39, 0.29) is 12.4 Å². The number of benzene rings is 1. The summed E-state index contributed by atoms with van der Waals surface area (Å²) in [6.45, 7) is 2.67. The monoisotopic (exact) mass is 285 g/mol. The Morgan fingerprint density at radius 2 is 2.21 bits per heavy atom. The molecule has 3 nitrogen and oxygen atoms in total. The van der Waals surface area contributed by atoms with Crippen LogP contribution in [0.4, 0.5) is 0 Å². The van der Waals surface area contributed by atoms with E-state index >= 15 is 0 Å². The van der Waals surface area contributed by atoms with Crippen LogP contribution in [0.1, 0.15) is 31.2 Å². The fraction of sp³-hybridized carbons (Fsp3) is 0.600. The van der Waals surface area contributed by atoms with Gasteiger partial charge in [0.05, 0.1) is 13.7 Å². The highest BCUT2D eigenvalue weighted by Gasteiger charge is 2.11. The van der Waals surface area contributed by atoms with Gasteiger partial charge < -0.3 is 14.8 Å². The summed E-state index contributed by atoms with van der Waals surface area (Å²) in [5, 5.41) is 3.54. The molecule has 1 N–H and O–H groups in total. The summed E-state index contributed by atoms with van der Waals surface area (Å²) in [6, 6.07) is 8.71. The Morgan fingerprint density at radius 1 is 1.32 bits per heavy atom. The Labute approximate surface area is 122 Å². The number of nitrogens with one attached hydrogen (secondary N) is 1. The predicted octanol–water partition coefficient (Wildman–Crippen LogP) is 3.17. The van der Waals surface area contributed by atoms with Crippen molar-refractivity contribution in [3.05, 3.63) is 29.8 Å². The third kappa shape index (κ3) is 5.81. The van der Waals surface area contributed by atoms with Crippen LogP contribution in [-0.4, -0.2) is 26.3 Å². The molecule has 108 valence electrons. The van der Waals surface area contributed by atoms with E-state index in [0.717, 1.165) is 18.8 Å². The van der Waals surface area contributed by atoms with Crippen LogP contribution in [0, 0.1) is 0 Å². The molecule has 1 atom stereocenters. The molecule has 19 heavy (non-hydrogen) atoms. The average Bonchev–Trinajstić information content (AvgIpc) is 2.45. The van der Waals surface area contributed by atoms with Crippen LogP contribution < -0.4 is 10.1 Å². The Hall–Kier alpha value is -0.770. The fourth-order valence-corrected chi connectivity index (χ4v) is 2.35. The molecule has 0 aromatic heterocycles. The quantitative estimate of drug-likeness (QED) is 0.815. The third-order valence-electron chi connectivity index (χ3n) is 3.43. The predicted molar refractivity (Wildman–Crippen MR) is 80.2 cm³/mol. The van der Waals surface area contributed by atoms with Crippen LogP contribution in [0.25, 0.3) is 0 Å². The van der Waals surface area contributed by atoms with Gasteiger partial charge in [0.25, 0.3) is 0 Å². The molecule has 1 aromatic carbocycles. The molecule has 0 spiro atoms. The number of rotatable bonds is 6. The average molecular weight is 286 g/mol. The van der Waals surface area contributed by atoms with E-state index in [1.165, 1.54) is 31.4 Å². The van der Waals surface area contributed by atoms with Gasteiger partial charge in [-0.15, -0.1) is 12.4 Å². The normalized spacial score (nSPS) is 18.7. The van der Waals surface area contributed by atoms with Gasteiger partial charge >= 0.3 is 0 Å². The molecular formula is C15H24ClNO2. The number of hydrogen-bond acceptors (Lipinski definition) is 3. The van der Waals surface area contributed by atoms with Crippen molar-refractivity contribution in [2.45, 2.75) is 38.3 Å². The van der Waals surface area contributed by atoms with Crippen molar-refractivity contribution in [2.75, 3.05) is 20.3 Å². The van der Waals surface area contributed by atoms with Crippen molar-refractivity contribution in [1.82, 2.24) is 5.32 Å². The van der Waals surface area contributed by atoms with Gasteiger partial charge in [0.15, 0.2) is 0 Å². The van der Waals surface area contributed by atoms with Crippen LogP contribution in [0.2, 0.25) is 0 Å². The topological polar surface area (TPSA) is 30.5 Å². The molecule has 1 fully saturated rings. The summed E-state index contributed by atoms with van der Waals surface area (Å²) in [5.41, 5.74) is 1.17. The summed E-state index contributed by atoms with van der Waals surface area (Å²) < 4.78 is 10.9. The number of hydrogen-bond donors (Lipinski definition) is 1. The van der Waals surface area contributed by atoms with E-state index in [1.807, 2.05) is 18.2 Å². The van der Waals surface area contributed by atoms with Gasteiger partial charge in [-0.25, -0.2) is 0 Å². The van der Waals surface area contributed by atoms with Crippen molar-refractivity contribution in [3.8, 4) is 5.75 Å². The van der Waals surface area contributed by atoms with Crippen LogP contribution in [0.3, 0.4) is 0 Å². The van der Waals surface area contributed by atoms with Crippen molar-refractivity contribution in [2.24, 2.45) is 0 Å². The molecule has 2 rings (SSSR count). The van der Waals surface area contributed by atoms with Crippen LogP contribution in [0.15, 0.2) is 24.3 Å². The van der Waals surface area contributed by atoms with E-state index in [0.29, 0.717) is 12.6 Å². The molecule has 1 unspecified atom stereocenters. The molecule has 4 heteroatoms. The van der Waals surface area contributed by atoms with E-state index < -0.39 is 0 Å². The highest BCUT2D eigenvalue weighted by molar-refractivity contribution is 5.85. The maximum absolute atomic E-state index is 5.73. The number of methoxy groups -OCH3 is 1. The van der Waals surface area contributed by atoms with Gasteiger partial charge in [-0.1, -0.05) is 18.6 Å². The zero-order chi connectivity index (χ0) is 12.6. The van der Waals surface area contributed by atoms with Crippen molar-refractivity contribution >= 4 is 12.4 Å². The lowest BCUT2D eigenvalue weighted by atomic mass is 10.0. The summed E-state index contributed by atoms with van der Waals surface area (Å²) >= 11 is 0. The molecule has 1 aromatic rings. The molecule has 0 amide bonds. The van der Waals surface area contributed by atoms with Crippen molar-refractivity contribution < 1.29 is 9.47 Å². The van der Waals surface area contributed by atoms with E-state index in [1.54, 1.807) is 7.11 Å². The zero-order valence-electron chi connectivity index (χ0n) is 11.6. The lowest BCUT2D eigenvalue weighted by molar-refractivity contribution is 0.108. The minimum absolute atomic E-state index is 0. The standard InChI is InChI=1S/C15H23NO2.ClH/c1-17-15-7-4-5-13(11-15)12-18-10-8-14-6-2-3-9-16-14;/h4-5,7,11,14,16H,2-3,6,8-10,12H2,1H3;1H. The fourth-order valence-electron chi connectivity index (χ4n) is 2.35. The maximum Gasteiger partial charge on any atom is 0.119 e. The SMILES string of the molecule is COc1cccc(COCCC2CCCCN2)c1.Cl. The number of piperidine rings is 1.